The average molecular weight is 460 g/mol. The molecule has 35 heavy (non-hydrogen) atoms. The number of carbonyl (C=O) groups is 1. The van der Waals surface area contributed by atoms with Crippen molar-refractivity contribution in [3.63, 3.8) is 0 Å². The molecular formula is C27H21N7O. The first-order valence-corrected chi connectivity index (χ1v) is 11.1. The maximum atomic E-state index is 13.9. The van der Waals surface area contributed by atoms with E-state index in [1.54, 1.807) is 41.6 Å². The summed E-state index contributed by atoms with van der Waals surface area (Å²) in [5.74, 6) is 0.782. The van der Waals surface area contributed by atoms with E-state index in [-0.39, 0.29) is 12.5 Å². The third-order valence-electron chi connectivity index (χ3n) is 5.95. The highest BCUT2D eigenvalue weighted by Crippen LogP contribution is 2.30. The maximum absolute atomic E-state index is 13.9. The molecule has 3 aromatic heterocycles. The molecule has 170 valence electrons. The van der Waals surface area contributed by atoms with E-state index >= 15 is 0 Å². The number of fused-ring (bicyclic) bond motifs is 3. The number of benzene rings is 2. The van der Waals surface area contributed by atoms with Gasteiger partial charge in [-0.05, 0) is 48.7 Å². The normalized spacial score (nSPS) is 11.8. The minimum atomic E-state index is -0.418. The molecule has 0 bridgehead atoms. The largest absolute Gasteiger partial charge is 0.383 e. The molecule has 0 radical (unpaired) electrons. The Kier molecular flexibility index (Phi) is 5.73. The second kappa shape index (κ2) is 9.15. The summed E-state index contributed by atoms with van der Waals surface area (Å²) in [5, 5.41) is 11.7. The quantitative estimate of drug-likeness (QED) is 0.386. The van der Waals surface area contributed by atoms with Crippen molar-refractivity contribution in [2.45, 2.75) is 19.5 Å². The predicted octanol–water partition coefficient (Wildman–Crippen LogP) is 4.43. The van der Waals surface area contributed by atoms with Crippen LogP contribution in [0.4, 0.5) is 5.82 Å². The zero-order valence-corrected chi connectivity index (χ0v) is 19.0. The molecule has 8 nitrogen and oxygen atoms in total. The number of amides is 1. The number of anilines is 1. The van der Waals surface area contributed by atoms with E-state index in [0.717, 1.165) is 21.7 Å². The highest BCUT2D eigenvalue weighted by molar-refractivity contribution is 6.11. The van der Waals surface area contributed by atoms with Crippen LogP contribution in [0.25, 0.3) is 21.7 Å². The van der Waals surface area contributed by atoms with E-state index in [1.807, 2.05) is 43.3 Å². The molecule has 0 saturated heterocycles. The van der Waals surface area contributed by atoms with Gasteiger partial charge in [-0.15, -0.1) is 0 Å². The molecule has 1 atom stereocenters. The van der Waals surface area contributed by atoms with Crippen molar-refractivity contribution in [1.29, 1.82) is 5.26 Å². The number of nitrogens with zero attached hydrogens (tertiary/aromatic N) is 6. The predicted molar refractivity (Wildman–Crippen MR) is 133 cm³/mol. The van der Waals surface area contributed by atoms with Crippen LogP contribution in [0, 0.1) is 11.3 Å². The van der Waals surface area contributed by atoms with Gasteiger partial charge in [-0.25, -0.2) is 15.0 Å². The third kappa shape index (κ3) is 4.23. The minimum Gasteiger partial charge on any atom is -0.383 e. The highest BCUT2D eigenvalue weighted by atomic mass is 16.2. The van der Waals surface area contributed by atoms with Crippen LogP contribution in [0.2, 0.25) is 0 Å². The van der Waals surface area contributed by atoms with E-state index in [1.165, 1.54) is 6.20 Å². The fraction of sp³-hybridized carbons (Fsp3) is 0.111. The summed E-state index contributed by atoms with van der Waals surface area (Å²) in [5.41, 5.74) is 8.49. The fourth-order valence-electron chi connectivity index (χ4n) is 4.09. The number of hydrogen-bond donors (Lipinski definition) is 1. The molecular weight excluding hydrogens is 438 g/mol. The number of nitrogen functional groups attached to an aromatic ring is 1. The highest BCUT2D eigenvalue weighted by Gasteiger charge is 2.26. The smallest absolute Gasteiger partial charge is 0.254 e. The summed E-state index contributed by atoms with van der Waals surface area (Å²) in [6.07, 6.45) is 4.80. The number of rotatable bonds is 5. The van der Waals surface area contributed by atoms with Crippen molar-refractivity contribution in [3.05, 3.63) is 102 Å². The van der Waals surface area contributed by atoms with Gasteiger partial charge in [-0.1, -0.05) is 24.3 Å². The van der Waals surface area contributed by atoms with Crippen molar-refractivity contribution in [2.75, 3.05) is 5.73 Å². The van der Waals surface area contributed by atoms with Crippen molar-refractivity contribution in [1.82, 2.24) is 24.8 Å². The fourth-order valence-corrected chi connectivity index (χ4v) is 4.09. The summed E-state index contributed by atoms with van der Waals surface area (Å²) >= 11 is 0. The Bertz CT molecular complexity index is 1580. The molecule has 0 aliphatic rings. The zero-order valence-electron chi connectivity index (χ0n) is 19.0. The SMILES string of the molecule is CC(c1ncccn1)N(Cc1ccc(C#N)cn1)C(=O)c1ccc2nc(N)c3ccccc3c2c1. The van der Waals surface area contributed by atoms with Gasteiger partial charge in [0.15, 0.2) is 0 Å². The van der Waals surface area contributed by atoms with Crippen LogP contribution >= 0.6 is 0 Å². The van der Waals surface area contributed by atoms with Crippen LogP contribution in [0.15, 0.2) is 79.3 Å². The van der Waals surface area contributed by atoms with Gasteiger partial charge in [0.1, 0.15) is 17.7 Å². The van der Waals surface area contributed by atoms with E-state index in [9.17, 15) is 4.79 Å². The zero-order chi connectivity index (χ0) is 24.4. The van der Waals surface area contributed by atoms with Crippen LogP contribution < -0.4 is 5.73 Å². The van der Waals surface area contributed by atoms with Gasteiger partial charge in [-0.3, -0.25) is 9.78 Å². The van der Waals surface area contributed by atoms with Gasteiger partial charge in [0.05, 0.1) is 29.4 Å². The second-order valence-electron chi connectivity index (χ2n) is 8.14. The van der Waals surface area contributed by atoms with Crippen molar-refractivity contribution >= 4 is 33.4 Å². The second-order valence-corrected chi connectivity index (χ2v) is 8.14. The number of nitrogens with two attached hydrogens (primary N) is 1. The molecule has 2 aromatic carbocycles. The lowest BCUT2D eigenvalue weighted by molar-refractivity contribution is 0.0663. The van der Waals surface area contributed by atoms with Gasteiger partial charge in [0, 0.05) is 34.9 Å². The minimum absolute atomic E-state index is 0.195. The third-order valence-corrected chi connectivity index (χ3v) is 5.95. The van der Waals surface area contributed by atoms with Gasteiger partial charge in [0.2, 0.25) is 0 Å². The molecule has 1 amide bonds. The molecule has 5 rings (SSSR count). The topological polar surface area (TPSA) is 122 Å². The van der Waals surface area contributed by atoms with Crippen LogP contribution in [0.5, 0.6) is 0 Å². The molecule has 3 heterocycles. The lowest BCUT2D eigenvalue weighted by Gasteiger charge is -2.28. The number of hydrogen-bond acceptors (Lipinski definition) is 7. The summed E-state index contributed by atoms with van der Waals surface area (Å²) in [6, 6.07) is 20.0. The lowest BCUT2D eigenvalue weighted by Crippen LogP contribution is -2.34. The number of nitriles is 1. The maximum Gasteiger partial charge on any atom is 0.254 e. The first-order valence-electron chi connectivity index (χ1n) is 11.1. The first kappa shape index (κ1) is 21.9. The Morgan fingerprint density at radius 1 is 1.00 bits per heavy atom. The van der Waals surface area contributed by atoms with Gasteiger partial charge in [0.25, 0.3) is 5.91 Å². The molecule has 0 fully saturated rings. The standard InChI is InChI=1S/C27H21N7O/c1-17(26-30-11-4-12-31-26)34(16-20-9-7-18(14-28)15-32-20)27(35)19-8-10-24-23(13-19)21-5-2-3-6-22(21)25(29)33-24/h2-13,15,17H,16H2,1H3,(H2,29,33). The Hall–Kier alpha value is -4.90. The van der Waals surface area contributed by atoms with Gasteiger partial charge < -0.3 is 10.6 Å². The van der Waals surface area contributed by atoms with Gasteiger partial charge >= 0.3 is 0 Å². The van der Waals surface area contributed by atoms with Crippen molar-refractivity contribution < 1.29 is 4.79 Å². The van der Waals surface area contributed by atoms with Crippen molar-refractivity contribution in [3.8, 4) is 6.07 Å². The first-order chi connectivity index (χ1) is 17.0. The number of aromatic nitrogens is 4. The Labute approximate surface area is 201 Å². The molecule has 0 aliphatic heterocycles. The summed E-state index contributed by atoms with van der Waals surface area (Å²) in [4.78, 5) is 33.1. The van der Waals surface area contributed by atoms with E-state index in [0.29, 0.717) is 28.5 Å². The lowest BCUT2D eigenvalue weighted by atomic mass is 10.0. The number of pyridine rings is 2. The molecule has 0 saturated carbocycles. The van der Waals surface area contributed by atoms with Crippen LogP contribution in [-0.4, -0.2) is 30.7 Å². The Morgan fingerprint density at radius 2 is 1.77 bits per heavy atom. The molecule has 8 heteroatoms. The molecule has 0 aliphatic carbocycles. The van der Waals surface area contributed by atoms with Crippen LogP contribution in [0.1, 0.15) is 40.4 Å². The summed E-state index contributed by atoms with van der Waals surface area (Å²) < 4.78 is 0. The Morgan fingerprint density at radius 3 is 2.49 bits per heavy atom. The molecule has 2 N–H and O–H groups in total. The van der Waals surface area contributed by atoms with Crippen LogP contribution in [0.3, 0.4) is 0 Å². The van der Waals surface area contributed by atoms with Crippen LogP contribution in [-0.2, 0) is 6.54 Å². The van der Waals surface area contributed by atoms with E-state index in [2.05, 4.69) is 26.0 Å². The van der Waals surface area contributed by atoms with E-state index in [4.69, 9.17) is 11.0 Å². The van der Waals surface area contributed by atoms with Gasteiger partial charge in [-0.2, -0.15) is 5.26 Å². The summed E-state index contributed by atoms with van der Waals surface area (Å²) in [7, 11) is 0. The molecule has 1 unspecified atom stereocenters. The molecule has 0 spiro atoms. The Balaban J connectivity index is 1.58. The number of carbonyl (C=O) groups excluding carboxylic acids is 1. The monoisotopic (exact) mass is 459 g/mol. The van der Waals surface area contributed by atoms with E-state index < -0.39 is 6.04 Å². The average Bonchev–Trinajstić information content (AvgIpc) is 2.92. The summed E-state index contributed by atoms with van der Waals surface area (Å²) in [6.45, 7) is 2.11. The molecule has 5 aromatic rings. The van der Waals surface area contributed by atoms with Crippen molar-refractivity contribution in [2.24, 2.45) is 0 Å².